The number of nitrogens with one attached hydrogen (secondary N) is 1. The molecule has 2 heterocycles. The molecule has 14 heteroatoms. The van der Waals surface area contributed by atoms with Gasteiger partial charge in [-0.3, -0.25) is 0 Å². The molecule has 1 aromatic carbocycles. The molecule has 0 saturated carbocycles. The van der Waals surface area contributed by atoms with E-state index in [2.05, 4.69) is 25.3 Å². The van der Waals surface area contributed by atoms with E-state index in [-0.39, 0.29) is 41.6 Å². The van der Waals surface area contributed by atoms with Crippen LogP contribution in [-0.2, 0) is 17.1 Å². The number of ether oxygens (including phenoxy) is 2. The number of nitrogens with zero attached hydrogens (tertiary/aromatic N) is 4. The third-order valence-electron chi connectivity index (χ3n) is 4.55. The molecular weight excluding hydrogens is 470 g/mol. The number of methoxy groups -OCH3 is 1. The van der Waals surface area contributed by atoms with E-state index in [1.54, 1.807) is 0 Å². The molecule has 0 fully saturated rings. The number of alkyl halides is 6. The first-order valence-electron chi connectivity index (χ1n) is 9.79. The Balaban J connectivity index is 2.07. The van der Waals surface area contributed by atoms with E-state index >= 15 is 0 Å². The van der Waals surface area contributed by atoms with Crippen LogP contribution in [0.5, 0.6) is 5.75 Å². The molecule has 0 aliphatic rings. The largest absolute Gasteiger partial charge is 0.491 e. The monoisotopic (exact) mass is 490 g/mol. The predicted octanol–water partition coefficient (Wildman–Crippen LogP) is 4.55. The maximum atomic E-state index is 13.6. The van der Waals surface area contributed by atoms with Crippen molar-refractivity contribution >= 4 is 22.5 Å². The first-order chi connectivity index (χ1) is 15.8. The Hall–Kier alpha value is -3.42. The second kappa shape index (κ2) is 9.44. The molecule has 0 radical (unpaired) electrons. The second-order valence-corrected chi connectivity index (χ2v) is 7.22. The SMILES string of the molecule is COCCOc1cc2c(N[C@H](C)c3nc(N)cc(C(F)(F)F)n3)nc(C)nc2cc1C(F)(F)F. The minimum Gasteiger partial charge on any atom is -0.491 e. The van der Waals surface area contributed by atoms with Crippen LogP contribution in [0.15, 0.2) is 18.2 Å². The quantitative estimate of drug-likeness (QED) is 0.367. The zero-order valence-corrected chi connectivity index (χ0v) is 18.2. The summed E-state index contributed by atoms with van der Waals surface area (Å²) in [6.45, 7) is 2.83. The van der Waals surface area contributed by atoms with Crippen molar-refractivity contribution in [3.05, 3.63) is 41.1 Å². The van der Waals surface area contributed by atoms with Crippen LogP contribution in [0.2, 0.25) is 0 Å². The van der Waals surface area contributed by atoms with Gasteiger partial charge in [0.05, 0.1) is 23.7 Å². The van der Waals surface area contributed by atoms with Crippen molar-refractivity contribution in [2.45, 2.75) is 32.2 Å². The van der Waals surface area contributed by atoms with Crippen molar-refractivity contribution in [3.63, 3.8) is 0 Å². The van der Waals surface area contributed by atoms with E-state index in [0.29, 0.717) is 6.07 Å². The van der Waals surface area contributed by atoms with Crippen molar-refractivity contribution in [2.75, 3.05) is 31.4 Å². The van der Waals surface area contributed by atoms with Gasteiger partial charge in [0.15, 0.2) is 5.82 Å². The van der Waals surface area contributed by atoms with Gasteiger partial charge in [0.2, 0.25) is 0 Å². The van der Waals surface area contributed by atoms with E-state index in [1.165, 1.54) is 21.0 Å². The molecule has 34 heavy (non-hydrogen) atoms. The van der Waals surface area contributed by atoms with Crippen LogP contribution in [0.3, 0.4) is 0 Å². The number of aryl methyl sites for hydroxylation is 1. The maximum absolute atomic E-state index is 13.6. The molecule has 3 rings (SSSR count). The third-order valence-corrected chi connectivity index (χ3v) is 4.55. The molecular formula is C20H20F6N6O2. The van der Waals surface area contributed by atoms with Crippen LogP contribution >= 0.6 is 0 Å². The van der Waals surface area contributed by atoms with Crippen molar-refractivity contribution < 1.29 is 35.8 Å². The lowest BCUT2D eigenvalue weighted by Gasteiger charge is -2.19. The number of nitrogen functional groups attached to an aromatic ring is 1. The average molecular weight is 490 g/mol. The van der Waals surface area contributed by atoms with Gasteiger partial charge in [-0.15, -0.1) is 0 Å². The Morgan fingerprint density at radius 3 is 2.29 bits per heavy atom. The fraction of sp³-hybridized carbons (Fsp3) is 0.400. The Kier molecular flexibility index (Phi) is 7.00. The molecule has 0 unspecified atom stereocenters. The third kappa shape index (κ3) is 5.73. The molecule has 0 saturated heterocycles. The molecule has 0 amide bonds. The highest BCUT2D eigenvalue weighted by Gasteiger charge is 2.36. The summed E-state index contributed by atoms with van der Waals surface area (Å²) in [5.74, 6) is -0.953. The summed E-state index contributed by atoms with van der Waals surface area (Å²) in [5, 5.41) is 2.99. The fourth-order valence-corrected chi connectivity index (χ4v) is 3.05. The van der Waals surface area contributed by atoms with Crippen molar-refractivity contribution in [2.24, 2.45) is 0 Å². The normalized spacial score (nSPS) is 13.2. The summed E-state index contributed by atoms with van der Waals surface area (Å²) < 4.78 is 90.2. The molecule has 0 aliphatic heterocycles. The van der Waals surface area contributed by atoms with Crippen LogP contribution in [0.1, 0.15) is 35.9 Å². The molecule has 2 aromatic heterocycles. The standard InChI is InChI=1S/C20H20F6N6O2/c1-9(17-31-15(20(24,25)26)8-16(27)32-17)28-18-11-6-14(34-5-4-33-3)12(19(21,22)23)7-13(11)29-10(2)30-18/h6-9H,4-5H2,1-3H3,(H2,27,31,32)(H,28,29,30)/t9-/m1/s1. The highest BCUT2D eigenvalue weighted by atomic mass is 19.4. The van der Waals surface area contributed by atoms with Crippen LogP contribution in [0.4, 0.5) is 38.0 Å². The van der Waals surface area contributed by atoms with Gasteiger partial charge in [-0.2, -0.15) is 26.3 Å². The summed E-state index contributed by atoms with van der Waals surface area (Å²) in [4.78, 5) is 15.6. The second-order valence-electron chi connectivity index (χ2n) is 7.22. The summed E-state index contributed by atoms with van der Waals surface area (Å²) in [7, 11) is 1.37. The molecule has 3 aromatic rings. The van der Waals surface area contributed by atoms with Crippen LogP contribution in [0, 0.1) is 6.92 Å². The topological polar surface area (TPSA) is 108 Å². The molecule has 8 nitrogen and oxygen atoms in total. The van der Waals surface area contributed by atoms with E-state index in [9.17, 15) is 26.3 Å². The number of fused-ring (bicyclic) bond motifs is 1. The lowest BCUT2D eigenvalue weighted by Crippen LogP contribution is -2.18. The van der Waals surface area contributed by atoms with Crippen molar-refractivity contribution in [1.82, 2.24) is 19.9 Å². The summed E-state index contributed by atoms with van der Waals surface area (Å²) >= 11 is 0. The summed E-state index contributed by atoms with van der Waals surface area (Å²) in [6, 6.07) is 1.59. The number of nitrogens with two attached hydrogens (primary N) is 1. The van der Waals surface area contributed by atoms with E-state index in [0.717, 1.165) is 12.1 Å². The molecule has 3 N–H and O–H groups in total. The summed E-state index contributed by atoms with van der Waals surface area (Å²) in [6.07, 6.45) is -9.47. The van der Waals surface area contributed by atoms with Crippen LogP contribution < -0.4 is 15.8 Å². The highest BCUT2D eigenvalue weighted by Crippen LogP contribution is 2.40. The number of anilines is 2. The first kappa shape index (κ1) is 25.2. The number of benzene rings is 1. The highest BCUT2D eigenvalue weighted by molar-refractivity contribution is 5.91. The van der Waals surface area contributed by atoms with Crippen molar-refractivity contribution in [3.8, 4) is 5.75 Å². The first-order valence-corrected chi connectivity index (χ1v) is 9.79. The van der Waals surface area contributed by atoms with E-state index < -0.39 is 41.2 Å². The van der Waals surface area contributed by atoms with Gasteiger partial charge in [-0.1, -0.05) is 0 Å². The Morgan fingerprint density at radius 1 is 0.971 bits per heavy atom. The molecule has 0 aliphatic carbocycles. The van der Waals surface area contributed by atoms with Crippen molar-refractivity contribution in [1.29, 1.82) is 0 Å². The van der Waals surface area contributed by atoms with Gasteiger partial charge in [-0.25, -0.2) is 19.9 Å². The van der Waals surface area contributed by atoms with Gasteiger partial charge < -0.3 is 20.5 Å². The minimum absolute atomic E-state index is 0.0434. The average Bonchev–Trinajstić information content (AvgIpc) is 2.72. The predicted molar refractivity (Wildman–Crippen MR) is 110 cm³/mol. The van der Waals surface area contributed by atoms with E-state index in [1.807, 2.05) is 0 Å². The van der Waals surface area contributed by atoms with Crippen LogP contribution in [0.25, 0.3) is 10.9 Å². The summed E-state index contributed by atoms with van der Waals surface area (Å²) in [5.41, 5.74) is 3.19. The number of hydrogen-bond acceptors (Lipinski definition) is 8. The van der Waals surface area contributed by atoms with Gasteiger partial charge in [0, 0.05) is 18.6 Å². The maximum Gasteiger partial charge on any atom is 0.433 e. The molecule has 0 bridgehead atoms. The fourth-order valence-electron chi connectivity index (χ4n) is 3.05. The lowest BCUT2D eigenvalue weighted by atomic mass is 10.1. The number of halogens is 6. The molecule has 1 atom stereocenters. The van der Waals surface area contributed by atoms with Gasteiger partial charge in [0.25, 0.3) is 0 Å². The smallest absolute Gasteiger partial charge is 0.433 e. The minimum atomic E-state index is -4.74. The molecule has 184 valence electrons. The number of aromatic nitrogens is 4. The van der Waals surface area contributed by atoms with Gasteiger partial charge >= 0.3 is 12.4 Å². The Labute approximate surface area is 189 Å². The zero-order valence-electron chi connectivity index (χ0n) is 18.2. The lowest BCUT2D eigenvalue weighted by molar-refractivity contribution is -0.141. The van der Waals surface area contributed by atoms with Crippen LogP contribution in [-0.4, -0.2) is 40.3 Å². The van der Waals surface area contributed by atoms with Gasteiger partial charge in [0.1, 0.15) is 35.5 Å². The Bertz CT molecular complexity index is 1180. The van der Waals surface area contributed by atoms with E-state index in [4.69, 9.17) is 15.2 Å². The number of rotatable bonds is 7. The molecule has 0 spiro atoms. The zero-order chi connectivity index (χ0) is 25.3. The number of hydrogen-bond donors (Lipinski definition) is 2. The van der Waals surface area contributed by atoms with Gasteiger partial charge in [-0.05, 0) is 26.0 Å². The Morgan fingerprint density at radius 2 is 1.68 bits per heavy atom.